The van der Waals surface area contributed by atoms with E-state index in [1.165, 1.54) is 22.3 Å². The zero-order valence-corrected chi connectivity index (χ0v) is 20.9. The van der Waals surface area contributed by atoms with Crippen molar-refractivity contribution in [2.24, 2.45) is 0 Å². The number of hydrogen-bond acceptors (Lipinski definition) is 2. The van der Waals surface area contributed by atoms with Crippen molar-refractivity contribution in [3.05, 3.63) is 129 Å². The molecule has 0 aliphatic rings. The molecule has 0 amide bonds. The van der Waals surface area contributed by atoms with E-state index < -0.39 is 0 Å². The van der Waals surface area contributed by atoms with Crippen LogP contribution in [0.2, 0.25) is 0 Å². The van der Waals surface area contributed by atoms with Gasteiger partial charge in [0, 0.05) is 16.5 Å². The van der Waals surface area contributed by atoms with E-state index in [1.807, 2.05) is 55.5 Å². The zero-order valence-electron chi connectivity index (χ0n) is 20.9. The van der Waals surface area contributed by atoms with Gasteiger partial charge in [-0.05, 0) is 91.4 Å². The molecule has 0 saturated carbocycles. The molecule has 4 rings (SSSR count). The van der Waals surface area contributed by atoms with Crippen LogP contribution in [0, 0.1) is 27.7 Å². The van der Waals surface area contributed by atoms with Crippen LogP contribution in [0.1, 0.15) is 63.1 Å². The predicted octanol–water partition coefficient (Wildman–Crippen LogP) is 8.27. The maximum Gasteiger partial charge on any atom is 0.193 e. The number of benzene rings is 4. The van der Waals surface area contributed by atoms with Gasteiger partial charge < -0.3 is 4.74 Å². The lowest BCUT2D eigenvalue weighted by Crippen LogP contribution is -2.19. The average molecular weight is 449 g/mol. The van der Waals surface area contributed by atoms with Gasteiger partial charge in [0.2, 0.25) is 0 Å². The first-order chi connectivity index (χ1) is 16.1. The van der Waals surface area contributed by atoms with Gasteiger partial charge >= 0.3 is 0 Å². The summed E-state index contributed by atoms with van der Waals surface area (Å²) < 4.78 is 6.05. The molecule has 4 aromatic rings. The van der Waals surface area contributed by atoms with Gasteiger partial charge in [-0.15, -0.1) is 0 Å². The summed E-state index contributed by atoms with van der Waals surface area (Å²) in [4.78, 5) is 13.0. The molecule has 0 saturated heterocycles. The minimum Gasteiger partial charge on any atom is -0.457 e. The van der Waals surface area contributed by atoms with E-state index in [9.17, 15) is 4.79 Å². The molecular weight excluding hydrogens is 416 g/mol. The van der Waals surface area contributed by atoms with Crippen LogP contribution in [0.4, 0.5) is 0 Å². The fourth-order valence-corrected chi connectivity index (χ4v) is 4.11. The van der Waals surface area contributed by atoms with Crippen molar-refractivity contribution in [2.75, 3.05) is 0 Å². The number of ether oxygens (including phenoxy) is 1. The molecular formula is C32H32O2. The second-order valence-corrected chi connectivity index (χ2v) is 9.70. The van der Waals surface area contributed by atoms with Crippen LogP contribution < -0.4 is 4.74 Å². The Morgan fingerprint density at radius 1 is 0.559 bits per heavy atom. The van der Waals surface area contributed by atoms with Gasteiger partial charge in [-0.3, -0.25) is 4.79 Å². The van der Waals surface area contributed by atoms with Gasteiger partial charge in [0.15, 0.2) is 5.78 Å². The van der Waals surface area contributed by atoms with Gasteiger partial charge in [0.05, 0.1) is 0 Å². The molecule has 0 spiro atoms. The Kier molecular flexibility index (Phi) is 6.43. The summed E-state index contributed by atoms with van der Waals surface area (Å²) in [6.07, 6.45) is 0. The van der Waals surface area contributed by atoms with Gasteiger partial charge in [-0.2, -0.15) is 0 Å². The van der Waals surface area contributed by atoms with E-state index in [2.05, 4.69) is 71.0 Å². The molecule has 34 heavy (non-hydrogen) atoms. The maximum atomic E-state index is 13.0. The molecule has 0 unspecified atom stereocenters. The molecule has 0 aliphatic heterocycles. The van der Waals surface area contributed by atoms with E-state index in [0.29, 0.717) is 5.56 Å². The second kappa shape index (κ2) is 9.30. The Balaban J connectivity index is 1.51. The highest BCUT2D eigenvalue weighted by Crippen LogP contribution is 2.34. The van der Waals surface area contributed by atoms with Crippen LogP contribution in [0.15, 0.2) is 84.9 Å². The first kappa shape index (κ1) is 23.5. The Hall–Kier alpha value is -3.65. The van der Waals surface area contributed by atoms with Crippen molar-refractivity contribution in [3.63, 3.8) is 0 Å². The van der Waals surface area contributed by atoms with Crippen LogP contribution in [-0.4, -0.2) is 5.78 Å². The third-order valence-electron chi connectivity index (χ3n) is 6.93. The molecule has 0 aliphatic carbocycles. The van der Waals surface area contributed by atoms with Crippen LogP contribution in [0.3, 0.4) is 0 Å². The highest BCUT2D eigenvalue weighted by Gasteiger charge is 2.23. The molecule has 0 atom stereocenters. The largest absolute Gasteiger partial charge is 0.457 e. The number of carbonyl (C=O) groups is 1. The van der Waals surface area contributed by atoms with E-state index >= 15 is 0 Å². The predicted molar refractivity (Wildman–Crippen MR) is 140 cm³/mol. The topological polar surface area (TPSA) is 26.3 Å². The van der Waals surface area contributed by atoms with Gasteiger partial charge in [0.25, 0.3) is 0 Å². The summed E-state index contributed by atoms with van der Waals surface area (Å²) in [7, 11) is 0. The third-order valence-corrected chi connectivity index (χ3v) is 6.93. The fourth-order valence-electron chi connectivity index (χ4n) is 4.11. The first-order valence-corrected chi connectivity index (χ1v) is 11.7. The summed E-state index contributed by atoms with van der Waals surface area (Å²) in [6.45, 7) is 12.7. The van der Waals surface area contributed by atoms with Crippen molar-refractivity contribution < 1.29 is 9.53 Å². The van der Waals surface area contributed by atoms with Gasteiger partial charge in [-0.25, -0.2) is 0 Å². The minimum atomic E-state index is -0.207. The molecule has 2 nitrogen and oxygen atoms in total. The summed E-state index contributed by atoms with van der Waals surface area (Å²) in [5, 5.41) is 0. The van der Waals surface area contributed by atoms with Crippen molar-refractivity contribution in [1.82, 2.24) is 0 Å². The van der Waals surface area contributed by atoms with Gasteiger partial charge in [-0.1, -0.05) is 68.4 Å². The summed E-state index contributed by atoms with van der Waals surface area (Å²) in [5.74, 6) is 1.72. The Labute approximate surface area is 203 Å². The number of carbonyl (C=O) groups excluding carboxylic acids is 1. The third kappa shape index (κ3) is 4.82. The van der Waals surface area contributed by atoms with Crippen molar-refractivity contribution in [1.29, 1.82) is 0 Å². The standard InChI is InChI=1S/C32H32O2/c1-21-7-9-26(19-23(21)3)31(33)25-10-12-27(13-11-25)32(5,6)28-14-17-29(18-15-28)34-30-16-8-22(2)24(4)20-30/h7-20H,1-6H3. The lowest BCUT2D eigenvalue weighted by molar-refractivity contribution is 0.103. The zero-order chi connectivity index (χ0) is 24.5. The monoisotopic (exact) mass is 448 g/mol. The summed E-state index contributed by atoms with van der Waals surface area (Å²) in [5.41, 5.74) is 8.38. The van der Waals surface area contributed by atoms with Crippen LogP contribution >= 0.6 is 0 Å². The number of aryl methyl sites for hydroxylation is 4. The highest BCUT2D eigenvalue weighted by molar-refractivity contribution is 6.09. The second-order valence-electron chi connectivity index (χ2n) is 9.70. The molecule has 172 valence electrons. The van der Waals surface area contributed by atoms with Crippen LogP contribution in [0.5, 0.6) is 11.5 Å². The Morgan fingerprint density at radius 3 is 1.59 bits per heavy atom. The maximum absolute atomic E-state index is 13.0. The lowest BCUT2D eigenvalue weighted by atomic mass is 9.78. The SMILES string of the molecule is Cc1ccc(Oc2ccc(C(C)(C)c3ccc(C(=O)c4ccc(C)c(C)c4)cc3)cc2)cc1C. The molecule has 0 fully saturated rings. The van der Waals surface area contributed by atoms with E-state index in [-0.39, 0.29) is 11.2 Å². The lowest BCUT2D eigenvalue weighted by Gasteiger charge is -2.26. The smallest absolute Gasteiger partial charge is 0.193 e. The van der Waals surface area contributed by atoms with E-state index in [1.54, 1.807) is 0 Å². The Morgan fingerprint density at radius 2 is 1.03 bits per heavy atom. The summed E-state index contributed by atoms with van der Waals surface area (Å²) >= 11 is 0. The summed E-state index contributed by atoms with van der Waals surface area (Å²) in [6, 6.07) is 28.3. The van der Waals surface area contributed by atoms with E-state index in [4.69, 9.17) is 4.74 Å². The highest BCUT2D eigenvalue weighted by atomic mass is 16.5. The van der Waals surface area contributed by atoms with Crippen molar-refractivity contribution in [3.8, 4) is 11.5 Å². The minimum absolute atomic E-state index is 0.0558. The first-order valence-electron chi connectivity index (χ1n) is 11.7. The van der Waals surface area contributed by atoms with E-state index in [0.717, 1.165) is 28.2 Å². The molecule has 0 N–H and O–H groups in total. The quantitative estimate of drug-likeness (QED) is 0.277. The molecule has 0 radical (unpaired) electrons. The normalized spacial score (nSPS) is 11.4. The van der Waals surface area contributed by atoms with Crippen molar-refractivity contribution >= 4 is 5.78 Å². The molecule has 2 heteroatoms. The number of hydrogen-bond donors (Lipinski definition) is 0. The number of rotatable bonds is 6. The van der Waals surface area contributed by atoms with Crippen LogP contribution in [0.25, 0.3) is 0 Å². The van der Waals surface area contributed by atoms with Crippen molar-refractivity contribution in [2.45, 2.75) is 47.0 Å². The molecule has 0 aromatic heterocycles. The van der Waals surface area contributed by atoms with Gasteiger partial charge in [0.1, 0.15) is 11.5 Å². The number of ketones is 1. The molecule has 4 aromatic carbocycles. The fraction of sp³-hybridized carbons (Fsp3) is 0.219. The molecule has 0 heterocycles. The van der Waals surface area contributed by atoms with Crippen LogP contribution in [-0.2, 0) is 5.41 Å². The average Bonchev–Trinajstić information content (AvgIpc) is 2.83. The molecule has 0 bridgehead atoms. The Bertz CT molecular complexity index is 1330.